The molecule has 1 aromatic carbocycles. The molecule has 0 spiro atoms. The summed E-state index contributed by atoms with van der Waals surface area (Å²) in [5.41, 5.74) is 2.65. The maximum Gasteiger partial charge on any atom is 0.318 e. The smallest absolute Gasteiger partial charge is 0.318 e. The van der Waals surface area contributed by atoms with Gasteiger partial charge >= 0.3 is 5.97 Å². The molecule has 0 aliphatic heterocycles. The van der Waals surface area contributed by atoms with Crippen molar-refractivity contribution in [2.24, 2.45) is 0 Å². The Morgan fingerprint density at radius 3 is 2.80 bits per heavy atom. The van der Waals surface area contributed by atoms with Crippen molar-refractivity contribution >= 4 is 38.9 Å². The van der Waals surface area contributed by atoms with Gasteiger partial charge in [0.15, 0.2) is 0 Å². The Labute approximate surface area is 124 Å². The van der Waals surface area contributed by atoms with Gasteiger partial charge in [-0.2, -0.15) is 4.72 Å². The zero-order valence-electron chi connectivity index (χ0n) is 9.91. The molecular weight excluding hydrogens is 324 g/mol. The molecule has 0 saturated heterocycles. The van der Waals surface area contributed by atoms with Crippen LogP contribution in [0.3, 0.4) is 0 Å². The number of carboxylic acid groups (broad SMARTS) is 1. The van der Waals surface area contributed by atoms with Crippen LogP contribution in [0.2, 0.25) is 5.02 Å². The lowest BCUT2D eigenvalue weighted by molar-refractivity contribution is -0.135. The van der Waals surface area contributed by atoms with E-state index in [1.165, 1.54) is 23.5 Å². The lowest BCUT2D eigenvalue weighted by Crippen LogP contribution is -2.29. The number of carbonyl (C=O) groups is 1. The number of thiazole rings is 1. The quantitative estimate of drug-likeness (QED) is 0.870. The highest BCUT2D eigenvalue weighted by Gasteiger charge is 2.21. The third kappa shape index (κ3) is 3.15. The first kappa shape index (κ1) is 14.9. The third-order valence-corrected chi connectivity index (χ3v) is 4.92. The standard InChI is InChI=1S/C11H9ClN2O4S2/c12-11-7(8-5-19-6-13-8)2-1-3-9(11)20(17,18)14-4-10(15)16/h1-3,5-6,14H,4H2,(H,15,16). The van der Waals surface area contributed by atoms with E-state index in [-0.39, 0.29) is 9.92 Å². The molecule has 1 heterocycles. The Morgan fingerprint density at radius 2 is 2.20 bits per heavy atom. The Morgan fingerprint density at radius 1 is 1.45 bits per heavy atom. The summed E-state index contributed by atoms with van der Waals surface area (Å²) < 4.78 is 26.0. The maximum absolute atomic E-state index is 12.0. The number of nitrogens with zero attached hydrogens (tertiary/aromatic N) is 1. The van der Waals surface area contributed by atoms with Crippen molar-refractivity contribution < 1.29 is 18.3 Å². The highest BCUT2D eigenvalue weighted by atomic mass is 35.5. The van der Waals surface area contributed by atoms with Crippen LogP contribution in [0, 0.1) is 0 Å². The Bertz CT molecular complexity index is 729. The second-order valence-corrected chi connectivity index (χ2v) is 6.54. The molecule has 0 bridgehead atoms. The van der Waals surface area contributed by atoms with Crippen molar-refractivity contribution in [1.29, 1.82) is 0 Å². The Kier molecular flexibility index (Phi) is 4.39. The highest BCUT2D eigenvalue weighted by molar-refractivity contribution is 7.89. The molecule has 20 heavy (non-hydrogen) atoms. The van der Waals surface area contributed by atoms with E-state index in [9.17, 15) is 13.2 Å². The second kappa shape index (κ2) is 5.88. The van der Waals surface area contributed by atoms with Crippen molar-refractivity contribution in [2.75, 3.05) is 6.54 Å². The van der Waals surface area contributed by atoms with Gasteiger partial charge in [-0.05, 0) is 6.07 Å². The molecule has 0 atom stereocenters. The van der Waals surface area contributed by atoms with E-state index < -0.39 is 22.5 Å². The summed E-state index contributed by atoms with van der Waals surface area (Å²) >= 11 is 7.46. The fourth-order valence-electron chi connectivity index (χ4n) is 1.50. The fraction of sp³-hybridized carbons (Fsp3) is 0.0909. The molecule has 0 amide bonds. The van der Waals surface area contributed by atoms with Crippen molar-refractivity contribution in [2.45, 2.75) is 4.90 Å². The van der Waals surface area contributed by atoms with E-state index in [0.29, 0.717) is 11.3 Å². The summed E-state index contributed by atoms with van der Waals surface area (Å²) in [5, 5.41) is 10.3. The summed E-state index contributed by atoms with van der Waals surface area (Å²) in [6.07, 6.45) is 0. The number of carboxylic acids is 1. The van der Waals surface area contributed by atoms with Crippen LogP contribution in [0.5, 0.6) is 0 Å². The summed E-state index contributed by atoms with van der Waals surface area (Å²) in [6, 6.07) is 4.48. The van der Waals surface area contributed by atoms with Crippen LogP contribution in [0.4, 0.5) is 0 Å². The highest BCUT2D eigenvalue weighted by Crippen LogP contribution is 2.32. The van der Waals surface area contributed by atoms with E-state index in [1.54, 1.807) is 17.0 Å². The van der Waals surface area contributed by atoms with Gasteiger partial charge in [-0.3, -0.25) is 4.79 Å². The van der Waals surface area contributed by atoms with Gasteiger partial charge in [0.25, 0.3) is 0 Å². The number of halogens is 1. The third-order valence-electron chi connectivity index (χ3n) is 2.37. The molecule has 0 unspecified atom stereocenters. The Balaban J connectivity index is 2.43. The summed E-state index contributed by atoms with van der Waals surface area (Å²) in [7, 11) is -3.99. The maximum atomic E-state index is 12.0. The average molecular weight is 333 g/mol. The number of hydrogen-bond acceptors (Lipinski definition) is 5. The van der Waals surface area contributed by atoms with Gasteiger partial charge in [0.05, 0.1) is 16.2 Å². The van der Waals surface area contributed by atoms with Crippen LogP contribution in [-0.2, 0) is 14.8 Å². The zero-order chi connectivity index (χ0) is 14.8. The van der Waals surface area contributed by atoms with Crippen LogP contribution in [0.25, 0.3) is 11.3 Å². The number of rotatable bonds is 5. The number of sulfonamides is 1. The zero-order valence-corrected chi connectivity index (χ0v) is 12.3. The number of benzene rings is 1. The van der Waals surface area contributed by atoms with Crippen LogP contribution in [0.15, 0.2) is 34.0 Å². The molecule has 0 radical (unpaired) electrons. The van der Waals surface area contributed by atoms with Crippen molar-refractivity contribution in [3.05, 3.63) is 34.1 Å². The molecule has 0 aliphatic carbocycles. The predicted molar refractivity (Wildman–Crippen MR) is 75.4 cm³/mol. The molecule has 0 fully saturated rings. The lowest BCUT2D eigenvalue weighted by atomic mass is 10.2. The van der Waals surface area contributed by atoms with Gasteiger partial charge in [0.2, 0.25) is 10.0 Å². The summed E-state index contributed by atoms with van der Waals surface area (Å²) in [4.78, 5) is 14.3. The van der Waals surface area contributed by atoms with Crippen LogP contribution in [-0.4, -0.2) is 31.0 Å². The number of aliphatic carboxylic acids is 1. The van der Waals surface area contributed by atoms with E-state index in [4.69, 9.17) is 16.7 Å². The molecule has 2 aromatic rings. The van der Waals surface area contributed by atoms with Gasteiger partial charge in [-0.15, -0.1) is 11.3 Å². The molecule has 2 N–H and O–H groups in total. The van der Waals surface area contributed by atoms with E-state index >= 15 is 0 Å². The van der Waals surface area contributed by atoms with E-state index in [0.717, 1.165) is 0 Å². The van der Waals surface area contributed by atoms with Crippen LogP contribution < -0.4 is 4.72 Å². The lowest BCUT2D eigenvalue weighted by Gasteiger charge is -2.09. The number of hydrogen-bond donors (Lipinski definition) is 2. The van der Waals surface area contributed by atoms with E-state index in [2.05, 4.69) is 4.98 Å². The van der Waals surface area contributed by atoms with Gasteiger partial charge in [0.1, 0.15) is 11.4 Å². The molecule has 0 saturated carbocycles. The fourth-order valence-corrected chi connectivity index (χ4v) is 3.65. The van der Waals surface area contributed by atoms with Gasteiger partial charge in [0, 0.05) is 10.9 Å². The normalized spacial score (nSPS) is 11.4. The largest absolute Gasteiger partial charge is 0.480 e. The minimum atomic E-state index is -3.99. The minimum absolute atomic E-state index is 0.0105. The summed E-state index contributed by atoms with van der Waals surface area (Å²) in [5.74, 6) is -1.28. The second-order valence-electron chi connectivity index (χ2n) is 3.71. The summed E-state index contributed by atoms with van der Waals surface area (Å²) in [6.45, 7) is -0.709. The Hall–Kier alpha value is -1.48. The van der Waals surface area contributed by atoms with Gasteiger partial charge < -0.3 is 5.11 Å². The van der Waals surface area contributed by atoms with Crippen LogP contribution in [0.1, 0.15) is 0 Å². The monoisotopic (exact) mass is 332 g/mol. The van der Waals surface area contributed by atoms with Crippen LogP contribution >= 0.6 is 22.9 Å². The van der Waals surface area contributed by atoms with Crippen molar-refractivity contribution in [1.82, 2.24) is 9.71 Å². The van der Waals surface area contributed by atoms with Crippen molar-refractivity contribution in [3.8, 4) is 11.3 Å². The predicted octanol–water partition coefficient (Wildman–Crippen LogP) is 1.83. The SMILES string of the molecule is O=C(O)CNS(=O)(=O)c1cccc(-c2cscn2)c1Cl. The molecule has 1 aromatic heterocycles. The minimum Gasteiger partial charge on any atom is -0.480 e. The van der Waals surface area contributed by atoms with Gasteiger partial charge in [-0.1, -0.05) is 23.7 Å². The number of aromatic nitrogens is 1. The molecule has 9 heteroatoms. The molecular formula is C11H9ClN2O4S2. The average Bonchev–Trinajstić information content (AvgIpc) is 2.90. The van der Waals surface area contributed by atoms with E-state index in [1.807, 2.05) is 4.72 Å². The number of nitrogens with one attached hydrogen (secondary N) is 1. The first-order valence-corrected chi connectivity index (χ1v) is 8.11. The van der Waals surface area contributed by atoms with Crippen molar-refractivity contribution in [3.63, 3.8) is 0 Å². The molecule has 106 valence electrons. The molecule has 2 rings (SSSR count). The topological polar surface area (TPSA) is 96.4 Å². The first-order valence-electron chi connectivity index (χ1n) is 5.30. The van der Waals surface area contributed by atoms with Gasteiger partial charge in [-0.25, -0.2) is 13.4 Å². The first-order chi connectivity index (χ1) is 9.42. The molecule has 0 aliphatic rings. The molecule has 6 nitrogen and oxygen atoms in total.